The number of nitrogens with zero attached hydrogens (tertiary/aromatic N) is 1. The third kappa shape index (κ3) is 12.6. The van der Waals surface area contributed by atoms with Gasteiger partial charge in [0.15, 0.2) is 0 Å². The second-order valence-electron chi connectivity index (χ2n) is 17.9. The molecule has 0 aliphatic rings. The van der Waals surface area contributed by atoms with E-state index in [0.29, 0.717) is 6.04 Å². The molecule has 0 aromatic heterocycles. The summed E-state index contributed by atoms with van der Waals surface area (Å²) < 4.78 is 3.01. The SMILES string of the molecule is CCCC[Si](CCCC)(CCCC)c1ccc(P(c2ccc([Si](CCCC)(CCCC)CCCC)cc2)N(C(C)C)P(c2ccccc2C)c2ccccc2C)cc1. The average molecular weight is 852 g/mol. The summed E-state index contributed by atoms with van der Waals surface area (Å²) in [5.41, 5.74) is 2.81. The molecule has 4 rings (SSSR count). The zero-order valence-corrected chi connectivity index (χ0v) is 42.7. The van der Waals surface area contributed by atoms with Gasteiger partial charge in [-0.15, -0.1) is 0 Å². The Morgan fingerprint density at radius 2 is 0.707 bits per heavy atom. The van der Waals surface area contributed by atoms with Crippen LogP contribution in [0, 0.1) is 13.8 Å². The zero-order valence-electron chi connectivity index (χ0n) is 38.9. The van der Waals surface area contributed by atoms with Crippen molar-refractivity contribution in [3.8, 4) is 0 Å². The zero-order chi connectivity index (χ0) is 42.0. The molecule has 1 nitrogen and oxygen atoms in total. The first-order chi connectivity index (χ1) is 28.1. The highest BCUT2D eigenvalue weighted by atomic mass is 31.2. The molecule has 0 spiro atoms. The van der Waals surface area contributed by atoms with Gasteiger partial charge >= 0.3 is 0 Å². The van der Waals surface area contributed by atoms with Gasteiger partial charge in [-0.1, -0.05) is 262 Å². The lowest BCUT2D eigenvalue weighted by atomic mass is 10.2. The lowest BCUT2D eigenvalue weighted by molar-refractivity contribution is 0.583. The van der Waals surface area contributed by atoms with Crippen LogP contribution in [0.25, 0.3) is 0 Å². The van der Waals surface area contributed by atoms with E-state index in [1.165, 1.54) is 146 Å². The van der Waals surface area contributed by atoms with Crippen molar-refractivity contribution in [2.45, 2.75) is 189 Å². The Balaban J connectivity index is 1.99. The predicted molar refractivity (Wildman–Crippen MR) is 274 cm³/mol. The molecule has 58 heavy (non-hydrogen) atoms. The van der Waals surface area contributed by atoms with Crippen molar-refractivity contribution in [1.29, 1.82) is 0 Å². The highest BCUT2D eigenvalue weighted by Crippen LogP contribution is 2.56. The minimum atomic E-state index is -1.62. The Kier molecular flexibility index (Phi) is 21.2. The Hall–Kier alpha value is -1.87. The molecule has 0 bridgehead atoms. The maximum atomic E-state index is 3.01. The molecule has 0 saturated carbocycles. The summed E-state index contributed by atoms with van der Waals surface area (Å²) in [4.78, 5) is 0. The fourth-order valence-corrected chi connectivity index (χ4v) is 27.1. The lowest BCUT2D eigenvalue weighted by Crippen LogP contribution is -2.48. The molecule has 0 unspecified atom stereocenters. The van der Waals surface area contributed by atoms with E-state index >= 15 is 0 Å². The molecule has 4 aromatic carbocycles. The normalized spacial score (nSPS) is 12.4. The summed E-state index contributed by atoms with van der Waals surface area (Å²) in [6.45, 7) is 24.0. The molecule has 0 radical (unpaired) electrons. The quantitative estimate of drug-likeness (QED) is 0.0427. The van der Waals surface area contributed by atoms with Gasteiger partial charge in [0.1, 0.15) is 0 Å². The lowest BCUT2D eigenvalue weighted by Gasteiger charge is -2.43. The minimum absolute atomic E-state index is 0.357. The van der Waals surface area contributed by atoms with Crippen LogP contribution in [0.4, 0.5) is 0 Å². The summed E-state index contributed by atoms with van der Waals surface area (Å²) in [6, 6.07) is 48.7. The molecule has 0 aliphatic heterocycles. The van der Waals surface area contributed by atoms with Crippen LogP contribution >= 0.6 is 16.1 Å². The van der Waals surface area contributed by atoms with Gasteiger partial charge in [-0.3, -0.25) is 0 Å². The van der Waals surface area contributed by atoms with Crippen molar-refractivity contribution in [2.24, 2.45) is 0 Å². The molecule has 5 heteroatoms. The Morgan fingerprint density at radius 1 is 0.414 bits per heavy atom. The predicted octanol–water partition coefficient (Wildman–Crippen LogP) is 14.5. The van der Waals surface area contributed by atoms with E-state index in [9.17, 15) is 0 Å². The number of rotatable bonds is 27. The number of unbranched alkanes of at least 4 members (excludes halogenated alkanes) is 6. The van der Waals surface area contributed by atoms with E-state index in [-0.39, 0.29) is 0 Å². The summed E-state index contributed by atoms with van der Waals surface area (Å²) in [5.74, 6) is 0. The van der Waals surface area contributed by atoms with Gasteiger partial charge in [0.05, 0.1) is 16.1 Å². The van der Waals surface area contributed by atoms with Crippen LogP contribution in [0.2, 0.25) is 36.3 Å². The Labute approximate surface area is 363 Å². The van der Waals surface area contributed by atoms with Crippen LogP contribution in [0.3, 0.4) is 0 Å². The van der Waals surface area contributed by atoms with Crippen molar-refractivity contribution < 1.29 is 0 Å². The fourth-order valence-electron chi connectivity index (χ4n) is 9.51. The summed E-state index contributed by atoms with van der Waals surface area (Å²) >= 11 is 0. The fraction of sp³-hybridized carbons (Fsp3) is 0.547. The highest BCUT2D eigenvalue weighted by Gasteiger charge is 2.38. The number of hydrogen-bond acceptors (Lipinski definition) is 1. The highest BCUT2D eigenvalue weighted by molar-refractivity contribution is 7.84. The van der Waals surface area contributed by atoms with Crippen molar-refractivity contribution in [1.82, 2.24) is 4.44 Å². The second-order valence-corrected chi connectivity index (χ2v) is 31.6. The number of aryl methyl sites for hydroxylation is 2. The van der Waals surface area contributed by atoms with Crippen LogP contribution in [-0.2, 0) is 0 Å². The second kappa shape index (κ2) is 25.2. The van der Waals surface area contributed by atoms with E-state index < -0.39 is 32.3 Å². The average Bonchev–Trinajstić information content (AvgIpc) is 3.24. The van der Waals surface area contributed by atoms with E-state index in [4.69, 9.17) is 0 Å². The van der Waals surface area contributed by atoms with Crippen LogP contribution in [0.15, 0.2) is 97.1 Å². The van der Waals surface area contributed by atoms with Crippen LogP contribution in [0.5, 0.6) is 0 Å². The van der Waals surface area contributed by atoms with Crippen LogP contribution in [0.1, 0.15) is 144 Å². The first-order valence-electron chi connectivity index (χ1n) is 23.9. The van der Waals surface area contributed by atoms with Crippen molar-refractivity contribution in [3.63, 3.8) is 0 Å². The molecule has 0 atom stereocenters. The molecule has 0 saturated heterocycles. The van der Waals surface area contributed by atoms with E-state index in [1.54, 1.807) is 10.4 Å². The van der Waals surface area contributed by atoms with Gasteiger partial charge < -0.3 is 0 Å². The van der Waals surface area contributed by atoms with Gasteiger partial charge in [-0.25, -0.2) is 4.44 Å². The van der Waals surface area contributed by atoms with Crippen molar-refractivity contribution in [2.75, 3.05) is 0 Å². The molecular weight excluding hydrogens is 769 g/mol. The van der Waals surface area contributed by atoms with Crippen molar-refractivity contribution in [3.05, 3.63) is 108 Å². The molecule has 0 N–H and O–H groups in total. The number of hydrogen-bond donors (Lipinski definition) is 0. The summed E-state index contributed by atoms with van der Waals surface area (Å²) in [6.07, 6.45) is 16.1. The summed E-state index contributed by atoms with van der Waals surface area (Å²) in [7, 11) is -4.89. The van der Waals surface area contributed by atoms with Gasteiger partial charge in [-0.05, 0) is 60.0 Å². The van der Waals surface area contributed by atoms with E-state index in [0.717, 1.165) is 0 Å². The van der Waals surface area contributed by atoms with Gasteiger partial charge in [0.2, 0.25) is 0 Å². The Morgan fingerprint density at radius 3 is 0.966 bits per heavy atom. The Bertz CT molecular complexity index is 1570. The smallest absolute Gasteiger partial charge is 0.0867 e. The molecule has 318 valence electrons. The van der Waals surface area contributed by atoms with Gasteiger partial charge in [0, 0.05) is 22.2 Å². The summed E-state index contributed by atoms with van der Waals surface area (Å²) in [5, 5.41) is 9.49. The largest absolute Gasteiger partial charge is 0.242 e. The molecule has 0 fully saturated rings. The molecule has 0 aliphatic carbocycles. The topological polar surface area (TPSA) is 3.24 Å². The molecule has 0 amide bonds. The van der Waals surface area contributed by atoms with Crippen LogP contribution in [-0.4, -0.2) is 26.6 Å². The van der Waals surface area contributed by atoms with E-state index in [1.807, 2.05) is 0 Å². The maximum Gasteiger partial charge on any atom is 0.0867 e. The molecular formula is C53H83NP2Si2. The van der Waals surface area contributed by atoms with Gasteiger partial charge in [-0.2, -0.15) is 0 Å². The first-order valence-corrected chi connectivity index (χ1v) is 31.7. The van der Waals surface area contributed by atoms with Crippen molar-refractivity contribution >= 4 is 63.9 Å². The molecule has 4 aromatic rings. The molecule has 0 heterocycles. The third-order valence-corrected chi connectivity index (χ3v) is 30.3. The van der Waals surface area contributed by atoms with Crippen LogP contribution < -0.4 is 31.6 Å². The monoisotopic (exact) mass is 852 g/mol. The maximum absolute atomic E-state index is 3.01. The van der Waals surface area contributed by atoms with Gasteiger partial charge in [0.25, 0.3) is 0 Å². The van der Waals surface area contributed by atoms with E-state index in [2.05, 4.69) is 171 Å². The third-order valence-electron chi connectivity index (χ3n) is 13.1. The first kappa shape index (κ1) is 48.8. The minimum Gasteiger partial charge on any atom is -0.242 e. The number of benzene rings is 4. The standard InChI is InChI=1S/C53H83NP2Si2/c1-11-17-39-57(40-18-12-2,41-19-13-3)50-35-31-48(32-36-50)55(49-33-37-51(38-34-49)58(42-20-14-4,43-21-15-5)44-22-16-6)54(45(7)8)56(52-29-25-23-27-46(52)9)53-30-26-24-28-47(53)10/h23-38,45H,11-22,39-44H2,1-10H3.